The lowest BCUT2D eigenvalue weighted by Crippen LogP contribution is -2.51. The van der Waals surface area contributed by atoms with E-state index < -0.39 is 0 Å². The third kappa shape index (κ3) is 5.66. The molecular weight excluding hydrogens is 408 g/mol. The van der Waals surface area contributed by atoms with Crippen molar-refractivity contribution in [3.63, 3.8) is 0 Å². The Labute approximate surface area is 201 Å². The van der Waals surface area contributed by atoms with E-state index in [0.29, 0.717) is 5.41 Å². The molecule has 0 radical (unpaired) electrons. The molecule has 3 aliphatic heterocycles. The summed E-state index contributed by atoms with van der Waals surface area (Å²) < 4.78 is 0. The van der Waals surface area contributed by atoms with Gasteiger partial charge in [0.25, 0.3) is 0 Å². The summed E-state index contributed by atoms with van der Waals surface area (Å²) >= 11 is 0. The van der Waals surface area contributed by atoms with Crippen molar-refractivity contribution >= 4 is 11.5 Å². The first kappa shape index (κ1) is 23.4. The average molecular weight is 455 g/mol. The van der Waals surface area contributed by atoms with Gasteiger partial charge in [-0.25, -0.2) is 4.98 Å². The number of hydrogen-bond donors (Lipinski definition) is 0. The summed E-state index contributed by atoms with van der Waals surface area (Å²) in [5, 5.41) is 0. The summed E-state index contributed by atoms with van der Waals surface area (Å²) in [5.74, 6) is 1.18. The van der Waals surface area contributed by atoms with E-state index in [1.165, 1.54) is 115 Å². The van der Waals surface area contributed by atoms with Gasteiger partial charge in [-0.3, -0.25) is 4.90 Å². The molecule has 0 unspecified atom stereocenters. The maximum Gasteiger partial charge on any atom is 0.128 e. The van der Waals surface area contributed by atoms with Crippen molar-refractivity contribution in [1.82, 2.24) is 19.7 Å². The molecule has 6 nitrogen and oxygen atoms in total. The number of aromatic nitrogens is 1. The van der Waals surface area contributed by atoms with Gasteiger partial charge in [-0.05, 0) is 103 Å². The largest absolute Gasteiger partial charge is 0.368 e. The van der Waals surface area contributed by atoms with Crippen molar-refractivity contribution in [1.29, 1.82) is 0 Å². The molecule has 1 aliphatic carbocycles. The number of hydrogen-bond acceptors (Lipinski definition) is 6. The Morgan fingerprint density at radius 2 is 1.58 bits per heavy atom. The SMILES string of the molecule is CN(C)CCCN1CCN(c2ccc(N3CCC4(CC3)CCN(C3CCC3)CC4)nc2)CC1. The number of likely N-dealkylation sites (tertiary alicyclic amines) is 1. The van der Waals surface area contributed by atoms with E-state index in [4.69, 9.17) is 4.98 Å². The van der Waals surface area contributed by atoms with Crippen LogP contribution in [-0.4, -0.2) is 105 Å². The molecule has 184 valence electrons. The molecule has 0 atom stereocenters. The Balaban J connectivity index is 1.06. The van der Waals surface area contributed by atoms with Gasteiger partial charge in [0.2, 0.25) is 0 Å². The fourth-order valence-corrected chi connectivity index (χ4v) is 6.42. The van der Waals surface area contributed by atoms with Crippen molar-refractivity contribution in [2.75, 3.05) is 89.3 Å². The van der Waals surface area contributed by atoms with Crippen LogP contribution in [0.3, 0.4) is 0 Å². The van der Waals surface area contributed by atoms with Crippen molar-refractivity contribution < 1.29 is 0 Å². The molecule has 6 heteroatoms. The summed E-state index contributed by atoms with van der Waals surface area (Å²) in [4.78, 5) is 17.7. The van der Waals surface area contributed by atoms with Gasteiger partial charge in [0, 0.05) is 45.3 Å². The van der Waals surface area contributed by atoms with Crippen LogP contribution in [0.5, 0.6) is 0 Å². The first-order valence-corrected chi connectivity index (χ1v) is 13.7. The number of pyridine rings is 1. The van der Waals surface area contributed by atoms with Gasteiger partial charge in [-0.15, -0.1) is 0 Å². The fourth-order valence-electron chi connectivity index (χ4n) is 6.42. The Hall–Kier alpha value is -1.37. The molecule has 5 rings (SSSR count). The van der Waals surface area contributed by atoms with E-state index in [0.717, 1.165) is 19.1 Å². The zero-order valence-electron chi connectivity index (χ0n) is 21.2. The molecule has 0 N–H and O–H groups in total. The van der Waals surface area contributed by atoms with Crippen LogP contribution in [0.25, 0.3) is 0 Å². The zero-order chi connectivity index (χ0) is 22.7. The lowest BCUT2D eigenvalue weighted by molar-refractivity contribution is 0.0305. The number of rotatable bonds is 7. The average Bonchev–Trinajstić information content (AvgIpc) is 2.81. The Kier molecular flexibility index (Phi) is 7.43. The summed E-state index contributed by atoms with van der Waals surface area (Å²) in [6, 6.07) is 5.51. The highest BCUT2D eigenvalue weighted by molar-refractivity contribution is 5.51. The van der Waals surface area contributed by atoms with Crippen LogP contribution in [0.1, 0.15) is 51.4 Å². The topological polar surface area (TPSA) is 29.1 Å². The van der Waals surface area contributed by atoms with Crippen molar-refractivity contribution in [3.05, 3.63) is 18.3 Å². The monoisotopic (exact) mass is 454 g/mol. The van der Waals surface area contributed by atoms with Crippen LogP contribution in [0.4, 0.5) is 11.5 Å². The molecule has 0 bridgehead atoms. The van der Waals surface area contributed by atoms with Gasteiger partial charge in [0.05, 0.1) is 11.9 Å². The van der Waals surface area contributed by atoms with Crippen LogP contribution in [-0.2, 0) is 0 Å². The lowest BCUT2D eigenvalue weighted by Gasteiger charge is -2.50. The summed E-state index contributed by atoms with van der Waals surface area (Å²) in [6.45, 7) is 12.0. The highest BCUT2D eigenvalue weighted by Gasteiger charge is 2.39. The fraction of sp³-hybridized carbons (Fsp3) is 0.815. The predicted octanol–water partition coefficient (Wildman–Crippen LogP) is 3.39. The molecular formula is C27H46N6. The Bertz CT molecular complexity index is 719. The van der Waals surface area contributed by atoms with Crippen LogP contribution >= 0.6 is 0 Å². The van der Waals surface area contributed by atoms with Crippen LogP contribution in [0.2, 0.25) is 0 Å². The first-order valence-electron chi connectivity index (χ1n) is 13.7. The van der Waals surface area contributed by atoms with E-state index >= 15 is 0 Å². The zero-order valence-corrected chi connectivity index (χ0v) is 21.2. The quantitative estimate of drug-likeness (QED) is 0.627. The molecule has 0 aromatic carbocycles. The molecule has 1 saturated carbocycles. The maximum absolute atomic E-state index is 4.91. The second kappa shape index (κ2) is 10.5. The van der Waals surface area contributed by atoms with Crippen molar-refractivity contribution in [2.45, 2.75) is 57.4 Å². The van der Waals surface area contributed by atoms with Gasteiger partial charge in [-0.2, -0.15) is 0 Å². The van der Waals surface area contributed by atoms with Gasteiger partial charge in [0.1, 0.15) is 5.82 Å². The third-order valence-electron chi connectivity index (χ3n) is 9.15. The molecule has 1 spiro atoms. The first-order chi connectivity index (χ1) is 16.1. The highest BCUT2D eigenvalue weighted by Crippen LogP contribution is 2.43. The van der Waals surface area contributed by atoms with Crippen LogP contribution in [0.15, 0.2) is 18.3 Å². The normalized spacial score (nSPS) is 25.1. The summed E-state index contributed by atoms with van der Waals surface area (Å²) in [5.41, 5.74) is 1.91. The van der Waals surface area contributed by atoms with Crippen LogP contribution < -0.4 is 9.80 Å². The maximum atomic E-state index is 4.91. The van der Waals surface area contributed by atoms with Crippen molar-refractivity contribution in [2.24, 2.45) is 5.41 Å². The predicted molar refractivity (Wildman–Crippen MR) is 138 cm³/mol. The van der Waals surface area contributed by atoms with E-state index in [2.05, 4.69) is 56.9 Å². The van der Waals surface area contributed by atoms with Gasteiger partial charge in [-0.1, -0.05) is 6.42 Å². The minimum Gasteiger partial charge on any atom is -0.368 e. The molecule has 33 heavy (non-hydrogen) atoms. The molecule has 1 aromatic heterocycles. The van der Waals surface area contributed by atoms with E-state index in [9.17, 15) is 0 Å². The molecule has 3 saturated heterocycles. The minimum absolute atomic E-state index is 0.614. The Morgan fingerprint density at radius 3 is 2.15 bits per heavy atom. The third-order valence-corrected chi connectivity index (χ3v) is 9.15. The molecule has 1 aromatic rings. The second-order valence-electron chi connectivity index (χ2n) is 11.5. The molecule has 4 fully saturated rings. The number of nitrogens with zero attached hydrogens (tertiary/aromatic N) is 6. The lowest BCUT2D eigenvalue weighted by atomic mass is 9.70. The minimum atomic E-state index is 0.614. The second-order valence-corrected chi connectivity index (χ2v) is 11.5. The van der Waals surface area contributed by atoms with Crippen LogP contribution in [0, 0.1) is 5.41 Å². The molecule has 4 aliphatic rings. The Morgan fingerprint density at radius 1 is 0.879 bits per heavy atom. The molecule has 4 heterocycles. The smallest absolute Gasteiger partial charge is 0.128 e. The van der Waals surface area contributed by atoms with E-state index in [1.807, 2.05) is 0 Å². The van der Waals surface area contributed by atoms with E-state index in [-0.39, 0.29) is 0 Å². The summed E-state index contributed by atoms with van der Waals surface area (Å²) in [6.07, 6.45) is 13.3. The van der Waals surface area contributed by atoms with E-state index in [1.54, 1.807) is 0 Å². The molecule has 0 amide bonds. The number of piperidine rings is 2. The standard InChI is InChI=1S/C27H46N6/c1-29(2)13-4-14-30-19-21-32(22-20-30)25-7-8-26(28-23-25)33-17-11-27(12-18-33)9-15-31(16-10-27)24-5-3-6-24/h7-8,23-24H,3-6,9-22H2,1-2H3. The van der Waals surface area contributed by atoms with Gasteiger partial charge in [0.15, 0.2) is 0 Å². The highest BCUT2D eigenvalue weighted by atomic mass is 15.3. The summed E-state index contributed by atoms with van der Waals surface area (Å²) in [7, 11) is 4.33. The van der Waals surface area contributed by atoms with Gasteiger partial charge >= 0.3 is 0 Å². The van der Waals surface area contributed by atoms with Gasteiger partial charge < -0.3 is 19.6 Å². The van der Waals surface area contributed by atoms with Crippen molar-refractivity contribution in [3.8, 4) is 0 Å². The number of piperazine rings is 1. The number of anilines is 2.